The zero-order valence-electron chi connectivity index (χ0n) is 20.5. The normalized spacial score (nSPS) is 24.5. The molecule has 3 atom stereocenters. The van der Waals surface area contributed by atoms with Crippen LogP contribution in [-0.2, 0) is 4.79 Å². The summed E-state index contributed by atoms with van der Waals surface area (Å²) in [5.41, 5.74) is -0.0122. The molecule has 38 heavy (non-hydrogen) atoms. The summed E-state index contributed by atoms with van der Waals surface area (Å²) >= 11 is 6.57. The number of fused-ring (bicyclic) bond motifs is 3. The van der Waals surface area contributed by atoms with Crippen molar-refractivity contribution in [3.8, 4) is 28.7 Å². The lowest BCUT2D eigenvalue weighted by molar-refractivity contribution is -0.130. The molecule has 11 nitrogen and oxygen atoms in total. The van der Waals surface area contributed by atoms with E-state index in [1.165, 1.54) is 26.6 Å². The average molecular weight is 537 g/mol. The highest BCUT2D eigenvalue weighted by atomic mass is 35.5. The highest BCUT2D eigenvalue weighted by molar-refractivity contribution is 6.36. The number of methoxy groups -OCH3 is 2. The van der Waals surface area contributed by atoms with E-state index in [0.717, 1.165) is 0 Å². The number of hydrogen-bond donors (Lipinski definition) is 1. The number of allylic oxidation sites excluding steroid dienone is 1. The number of nitrogens with one attached hydrogen (secondary N) is 1. The van der Waals surface area contributed by atoms with Crippen LogP contribution in [0.5, 0.6) is 28.7 Å². The molecule has 1 aliphatic carbocycles. The van der Waals surface area contributed by atoms with Crippen LogP contribution in [0.15, 0.2) is 41.9 Å². The Morgan fingerprint density at radius 2 is 1.89 bits per heavy atom. The molecular formula is C26H21ClN4O7. The van der Waals surface area contributed by atoms with Crippen LogP contribution in [0.25, 0.3) is 0 Å². The van der Waals surface area contributed by atoms with Gasteiger partial charge < -0.3 is 29.0 Å². The van der Waals surface area contributed by atoms with Crippen molar-refractivity contribution in [2.24, 2.45) is 5.92 Å². The summed E-state index contributed by atoms with van der Waals surface area (Å²) in [6.45, 7) is 1.92. The Morgan fingerprint density at radius 3 is 2.68 bits per heavy atom. The summed E-state index contributed by atoms with van der Waals surface area (Å²) in [6, 6.07) is 6.26. The summed E-state index contributed by atoms with van der Waals surface area (Å²) in [5, 5.41) is 7.73. The molecule has 7 rings (SSSR count). The Bertz CT molecular complexity index is 1600. The third-order valence-corrected chi connectivity index (χ3v) is 7.95. The molecule has 0 amide bonds. The maximum absolute atomic E-state index is 14.6. The molecule has 1 aromatic heterocycles. The second kappa shape index (κ2) is 7.87. The minimum atomic E-state index is -1.85. The largest absolute Gasteiger partial charge is 0.496 e. The number of benzene rings is 2. The predicted molar refractivity (Wildman–Crippen MR) is 132 cm³/mol. The van der Waals surface area contributed by atoms with Gasteiger partial charge in [-0.3, -0.25) is 9.59 Å². The first-order chi connectivity index (χ1) is 18.4. The van der Waals surface area contributed by atoms with Gasteiger partial charge in [0.05, 0.1) is 14.2 Å². The second-order valence-electron chi connectivity index (χ2n) is 9.46. The average Bonchev–Trinajstić information content (AvgIpc) is 3.65. The van der Waals surface area contributed by atoms with Gasteiger partial charge in [-0.1, -0.05) is 24.6 Å². The van der Waals surface area contributed by atoms with Crippen molar-refractivity contribution >= 4 is 29.1 Å². The molecule has 194 valence electrons. The third-order valence-electron chi connectivity index (χ3n) is 7.60. The number of rotatable bonds is 3. The van der Waals surface area contributed by atoms with Gasteiger partial charge in [0.15, 0.2) is 17.2 Å². The van der Waals surface area contributed by atoms with Gasteiger partial charge in [-0.2, -0.15) is 10.1 Å². The van der Waals surface area contributed by atoms with Crippen LogP contribution in [0, 0.1) is 5.92 Å². The van der Waals surface area contributed by atoms with Crippen LogP contribution in [-0.4, -0.2) is 52.9 Å². The van der Waals surface area contributed by atoms with Crippen molar-refractivity contribution in [1.82, 2.24) is 14.8 Å². The van der Waals surface area contributed by atoms with Crippen LogP contribution in [0.4, 0.5) is 5.95 Å². The molecule has 4 heterocycles. The van der Waals surface area contributed by atoms with Gasteiger partial charge in [0, 0.05) is 23.3 Å². The molecule has 0 bridgehead atoms. The van der Waals surface area contributed by atoms with Crippen LogP contribution in [0.3, 0.4) is 0 Å². The van der Waals surface area contributed by atoms with E-state index in [1.54, 1.807) is 17.7 Å². The summed E-state index contributed by atoms with van der Waals surface area (Å²) in [5.74, 6) is 0.674. The van der Waals surface area contributed by atoms with Crippen molar-refractivity contribution < 1.29 is 33.3 Å². The SMILES string of the molecule is COc1cc(OC)c2c(c1Cl)O[C@@]1(C(=O)C3=C(C[C@H]1C)Nc1ncnn1C3c1ccc3c(c1)OCO3)C2=O. The number of anilines is 1. The molecular weight excluding hydrogens is 516 g/mol. The summed E-state index contributed by atoms with van der Waals surface area (Å²) in [4.78, 5) is 33.1. The molecule has 0 radical (unpaired) electrons. The Morgan fingerprint density at radius 1 is 1.11 bits per heavy atom. The zero-order valence-corrected chi connectivity index (χ0v) is 21.3. The Balaban J connectivity index is 1.40. The number of aromatic nitrogens is 3. The molecule has 1 spiro atoms. The highest BCUT2D eigenvalue weighted by Gasteiger charge is 2.63. The number of hydrogen-bond acceptors (Lipinski definition) is 10. The molecule has 3 aliphatic heterocycles. The number of Topliss-reactive ketones (excluding diaryl/α,β-unsaturated/α-hetero) is 2. The van der Waals surface area contributed by atoms with Gasteiger partial charge in [-0.15, -0.1) is 0 Å². The first-order valence-corrected chi connectivity index (χ1v) is 12.3. The van der Waals surface area contributed by atoms with E-state index in [-0.39, 0.29) is 34.6 Å². The number of halogens is 1. The van der Waals surface area contributed by atoms with E-state index in [1.807, 2.05) is 12.1 Å². The molecule has 1 unspecified atom stereocenters. The number of nitrogens with zero attached hydrogens (tertiary/aromatic N) is 3. The fraction of sp³-hybridized carbons (Fsp3) is 0.308. The standard InChI is InChI=1S/C26H21ClN4O7/c1-11-6-13-18(21(31-25(30-13)28-9-29-31)12-4-5-14-15(7-12)37-10-36-14)23(32)26(11)24(33)19-16(34-2)8-17(35-3)20(27)22(19)38-26/h4-5,7-9,11,21H,6,10H2,1-3H3,(H,28,29,30)/t11-,21?,26+/m1/s1. The number of carbonyl (C=O) groups is 2. The lowest BCUT2D eigenvalue weighted by atomic mass is 9.69. The van der Waals surface area contributed by atoms with Gasteiger partial charge in [-0.05, 0) is 24.1 Å². The van der Waals surface area contributed by atoms with Gasteiger partial charge in [0.1, 0.15) is 34.5 Å². The van der Waals surface area contributed by atoms with Crippen molar-refractivity contribution in [1.29, 1.82) is 0 Å². The summed E-state index contributed by atoms with van der Waals surface area (Å²) < 4.78 is 29.8. The van der Waals surface area contributed by atoms with E-state index in [0.29, 0.717) is 40.7 Å². The Labute approximate surface area is 221 Å². The topological polar surface area (TPSA) is 123 Å². The predicted octanol–water partition coefficient (Wildman–Crippen LogP) is 3.57. The van der Waals surface area contributed by atoms with Gasteiger partial charge >= 0.3 is 0 Å². The number of carbonyl (C=O) groups excluding carboxylic acids is 2. The first-order valence-electron chi connectivity index (χ1n) is 11.9. The lowest BCUT2D eigenvalue weighted by Gasteiger charge is -2.41. The van der Waals surface area contributed by atoms with E-state index < -0.39 is 29.1 Å². The number of ketones is 2. The maximum atomic E-state index is 14.6. The maximum Gasteiger partial charge on any atom is 0.236 e. The minimum Gasteiger partial charge on any atom is -0.496 e. The fourth-order valence-electron chi connectivity index (χ4n) is 5.78. The smallest absolute Gasteiger partial charge is 0.236 e. The van der Waals surface area contributed by atoms with Crippen LogP contribution >= 0.6 is 11.6 Å². The zero-order chi connectivity index (χ0) is 26.3. The van der Waals surface area contributed by atoms with Crippen molar-refractivity contribution in [2.45, 2.75) is 25.0 Å². The molecule has 0 fully saturated rings. The monoisotopic (exact) mass is 536 g/mol. The van der Waals surface area contributed by atoms with E-state index in [2.05, 4.69) is 15.4 Å². The molecule has 1 N–H and O–H groups in total. The summed E-state index contributed by atoms with van der Waals surface area (Å²) in [7, 11) is 2.88. The molecule has 2 aromatic carbocycles. The molecule has 4 aliphatic rings. The Kier molecular flexibility index (Phi) is 4.75. The van der Waals surface area contributed by atoms with E-state index in [4.69, 9.17) is 35.3 Å². The van der Waals surface area contributed by atoms with Gasteiger partial charge in [-0.25, -0.2) is 4.68 Å². The second-order valence-corrected chi connectivity index (χ2v) is 9.84. The molecule has 0 saturated carbocycles. The quantitative estimate of drug-likeness (QED) is 0.497. The lowest BCUT2D eigenvalue weighted by Crippen LogP contribution is -2.58. The van der Waals surface area contributed by atoms with E-state index >= 15 is 0 Å². The van der Waals surface area contributed by atoms with Crippen molar-refractivity contribution in [3.63, 3.8) is 0 Å². The van der Waals surface area contributed by atoms with Crippen molar-refractivity contribution in [3.05, 3.63) is 58.0 Å². The molecule has 12 heteroatoms. The third kappa shape index (κ3) is 2.79. The first kappa shape index (κ1) is 22.9. The van der Waals surface area contributed by atoms with Crippen molar-refractivity contribution in [2.75, 3.05) is 26.3 Å². The van der Waals surface area contributed by atoms with Crippen LogP contribution in [0.1, 0.15) is 35.3 Å². The van der Waals surface area contributed by atoms with Gasteiger partial charge in [0.2, 0.25) is 29.9 Å². The highest BCUT2D eigenvalue weighted by Crippen LogP contribution is 2.55. The molecule has 0 saturated heterocycles. The summed E-state index contributed by atoms with van der Waals surface area (Å²) in [6.07, 6.45) is 1.75. The minimum absolute atomic E-state index is 0.0713. The molecule has 3 aromatic rings. The van der Waals surface area contributed by atoms with Crippen LogP contribution < -0.4 is 29.0 Å². The van der Waals surface area contributed by atoms with Gasteiger partial charge in [0.25, 0.3) is 0 Å². The number of ether oxygens (including phenoxy) is 5. The van der Waals surface area contributed by atoms with E-state index in [9.17, 15) is 9.59 Å². The van der Waals surface area contributed by atoms with Crippen LogP contribution in [0.2, 0.25) is 5.02 Å². The Hall–Kier alpha value is -4.25. The fourth-order valence-corrected chi connectivity index (χ4v) is 6.05.